The number of rotatable bonds is 2. The summed E-state index contributed by atoms with van der Waals surface area (Å²) in [6, 6.07) is -0.0956. The highest BCUT2D eigenvalue weighted by molar-refractivity contribution is 6.06. The zero-order valence-corrected chi connectivity index (χ0v) is 13.7. The van der Waals surface area contributed by atoms with Crippen molar-refractivity contribution in [3.63, 3.8) is 0 Å². The highest BCUT2D eigenvalue weighted by Gasteiger charge is 2.48. The Balaban J connectivity index is 1.51. The Labute approximate surface area is 136 Å². The Morgan fingerprint density at radius 3 is 2.35 bits per heavy atom. The molecule has 2 aliphatic heterocycles. The fraction of sp³-hybridized carbons (Fsp3) is 0.812. The molecular weight excluding hydrogens is 296 g/mol. The third-order valence-corrected chi connectivity index (χ3v) is 5.60. The van der Waals surface area contributed by atoms with Gasteiger partial charge in [0.15, 0.2) is 0 Å². The molecule has 3 N–H and O–H groups in total. The van der Waals surface area contributed by atoms with Crippen LogP contribution in [0.3, 0.4) is 0 Å². The zero-order valence-electron chi connectivity index (χ0n) is 13.7. The smallest absolute Gasteiger partial charge is 0.322 e. The summed E-state index contributed by atoms with van der Waals surface area (Å²) in [6.07, 6.45) is 7.26. The molecule has 1 saturated carbocycles. The van der Waals surface area contributed by atoms with Gasteiger partial charge >= 0.3 is 12.1 Å². The van der Waals surface area contributed by atoms with Crippen LogP contribution in [-0.2, 0) is 4.79 Å². The topological polar surface area (TPSA) is 90.5 Å². The molecule has 3 rings (SSSR count). The van der Waals surface area contributed by atoms with E-state index in [2.05, 4.69) is 16.0 Å². The van der Waals surface area contributed by atoms with Crippen LogP contribution in [-0.4, -0.2) is 47.5 Å². The maximum Gasteiger partial charge on any atom is 0.322 e. The molecule has 0 aromatic carbocycles. The molecule has 7 heteroatoms. The van der Waals surface area contributed by atoms with Crippen molar-refractivity contribution in [2.45, 2.75) is 63.5 Å². The third kappa shape index (κ3) is 3.28. The lowest BCUT2D eigenvalue weighted by Gasteiger charge is -2.39. The van der Waals surface area contributed by atoms with Gasteiger partial charge in [0, 0.05) is 19.1 Å². The fourth-order valence-electron chi connectivity index (χ4n) is 4.02. The number of hydrogen-bond acceptors (Lipinski definition) is 3. The average Bonchev–Trinajstić information content (AvgIpc) is 2.82. The number of amides is 5. The Morgan fingerprint density at radius 2 is 1.78 bits per heavy atom. The molecular formula is C16H26N4O3. The van der Waals surface area contributed by atoms with E-state index in [4.69, 9.17) is 0 Å². The van der Waals surface area contributed by atoms with E-state index >= 15 is 0 Å². The number of urea groups is 2. The van der Waals surface area contributed by atoms with Crippen LogP contribution in [0.5, 0.6) is 0 Å². The summed E-state index contributed by atoms with van der Waals surface area (Å²) in [4.78, 5) is 37.6. The van der Waals surface area contributed by atoms with Gasteiger partial charge in [0.2, 0.25) is 0 Å². The molecule has 1 aliphatic carbocycles. The molecule has 2 heterocycles. The first kappa shape index (κ1) is 16.1. The van der Waals surface area contributed by atoms with Crippen molar-refractivity contribution in [3.8, 4) is 0 Å². The van der Waals surface area contributed by atoms with E-state index in [1.807, 2.05) is 4.90 Å². The molecule has 0 radical (unpaired) electrons. The van der Waals surface area contributed by atoms with Gasteiger partial charge in [0.05, 0.1) is 0 Å². The number of piperidine rings is 1. The Kier molecular flexibility index (Phi) is 4.46. The van der Waals surface area contributed by atoms with E-state index < -0.39 is 11.6 Å². The van der Waals surface area contributed by atoms with Gasteiger partial charge < -0.3 is 15.5 Å². The SMILES string of the molecule is CC1(C2CCN(C(=O)NC3CCCCC3)CC2)NC(=O)NC1=O. The first-order chi connectivity index (χ1) is 11.0. The van der Waals surface area contributed by atoms with Crippen LogP contribution in [0, 0.1) is 5.92 Å². The molecule has 0 aromatic rings. The Hall–Kier alpha value is -1.79. The molecule has 128 valence electrons. The normalized spacial score (nSPS) is 30.0. The van der Waals surface area contributed by atoms with Gasteiger partial charge in [-0.3, -0.25) is 10.1 Å². The van der Waals surface area contributed by atoms with E-state index in [1.165, 1.54) is 19.3 Å². The lowest BCUT2D eigenvalue weighted by atomic mass is 9.79. The zero-order chi connectivity index (χ0) is 16.4. The number of imide groups is 1. The Bertz CT molecular complexity index is 496. The second-order valence-electron chi connectivity index (χ2n) is 7.16. The van der Waals surface area contributed by atoms with Crippen molar-refractivity contribution in [3.05, 3.63) is 0 Å². The molecule has 7 nitrogen and oxygen atoms in total. The van der Waals surface area contributed by atoms with E-state index in [0.29, 0.717) is 19.1 Å². The molecule has 0 spiro atoms. The highest BCUT2D eigenvalue weighted by Crippen LogP contribution is 2.30. The van der Waals surface area contributed by atoms with Crippen LogP contribution in [0.15, 0.2) is 0 Å². The summed E-state index contributed by atoms with van der Waals surface area (Å²) in [7, 11) is 0. The molecule has 1 atom stereocenters. The van der Waals surface area contributed by atoms with Crippen LogP contribution in [0.1, 0.15) is 51.9 Å². The summed E-state index contributed by atoms with van der Waals surface area (Å²) in [5, 5.41) is 8.19. The van der Waals surface area contributed by atoms with Gasteiger partial charge in [-0.25, -0.2) is 9.59 Å². The highest BCUT2D eigenvalue weighted by atomic mass is 16.2. The van der Waals surface area contributed by atoms with Gasteiger partial charge in [-0.2, -0.15) is 0 Å². The fourth-order valence-corrected chi connectivity index (χ4v) is 4.02. The lowest BCUT2D eigenvalue weighted by Crippen LogP contribution is -2.55. The average molecular weight is 322 g/mol. The van der Waals surface area contributed by atoms with Crippen molar-refractivity contribution in [1.82, 2.24) is 20.9 Å². The number of carbonyl (C=O) groups is 3. The summed E-state index contributed by atoms with van der Waals surface area (Å²) in [5.41, 5.74) is -0.844. The summed E-state index contributed by atoms with van der Waals surface area (Å²) < 4.78 is 0. The quantitative estimate of drug-likeness (QED) is 0.670. The molecule has 5 amide bonds. The summed E-state index contributed by atoms with van der Waals surface area (Å²) in [6.45, 7) is 3.03. The second kappa shape index (κ2) is 6.37. The molecule has 23 heavy (non-hydrogen) atoms. The van der Waals surface area contributed by atoms with Gasteiger partial charge in [-0.15, -0.1) is 0 Å². The number of hydrogen-bond donors (Lipinski definition) is 3. The standard InChI is InChI=1S/C16H26N4O3/c1-16(13(21)18-14(22)19-16)11-7-9-20(10-8-11)15(23)17-12-5-3-2-4-6-12/h11-12H,2-10H2,1H3,(H,17,23)(H2,18,19,21,22). The van der Waals surface area contributed by atoms with Gasteiger partial charge in [0.1, 0.15) is 5.54 Å². The van der Waals surface area contributed by atoms with E-state index in [9.17, 15) is 14.4 Å². The largest absolute Gasteiger partial charge is 0.335 e. The molecule has 0 aromatic heterocycles. The molecule has 3 aliphatic rings. The van der Waals surface area contributed by atoms with Gasteiger partial charge in [0.25, 0.3) is 5.91 Å². The van der Waals surface area contributed by atoms with E-state index in [1.54, 1.807) is 6.92 Å². The molecule has 1 unspecified atom stereocenters. The molecule has 0 bridgehead atoms. The number of nitrogens with zero attached hydrogens (tertiary/aromatic N) is 1. The summed E-state index contributed by atoms with van der Waals surface area (Å²) in [5.74, 6) is -0.194. The molecule has 2 saturated heterocycles. The third-order valence-electron chi connectivity index (χ3n) is 5.60. The van der Waals surface area contributed by atoms with Crippen LogP contribution in [0.2, 0.25) is 0 Å². The van der Waals surface area contributed by atoms with Gasteiger partial charge in [-0.05, 0) is 38.5 Å². The van der Waals surface area contributed by atoms with Crippen molar-refractivity contribution >= 4 is 18.0 Å². The number of likely N-dealkylation sites (tertiary alicyclic amines) is 1. The minimum Gasteiger partial charge on any atom is -0.335 e. The van der Waals surface area contributed by atoms with E-state index in [-0.39, 0.29) is 17.9 Å². The number of nitrogens with one attached hydrogen (secondary N) is 3. The van der Waals surface area contributed by atoms with Crippen molar-refractivity contribution in [1.29, 1.82) is 0 Å². The summed E-state index contributed by atoms with van der Waals surface area (Å²) >= 11 is 0. The predicted octanol–water partition coefficient (Wildman–Crippen LogP) is 1.34. The number of carbonyl (C=O) groups excluding carboxylic acids is 3. The first-order valence-electron chi connectivity index (χ1n) is 8.68. The lowest BCUT2D eigenvalue weighted by molar-refractivity contribution is -0.125. The minimum atomic E-state index is -0.844. The van der Waals surface area contributed by atoms with Crippen LogP contribution < -0.4 is 16.0 Å². The first-order valence-corrected chi connectivity index (χ1v) is 8.68. The van der Waals surface area contributed by atoms with Crippen molar-refractivity contribution in [2.24, 2.45) is 5.92 Å². The maximum atomic E-state index is 12.4. The van der Waals surface area contributed by atoms with Crippen LogP contribution >= 0.6 is 0 Å². The second-order valence-corrected chi connectivity index (χ2v) is 7.16. The van der Waals surface area contributed by atoms with Crippen LogP contribution in [0.25, 0.3) is 0 Å². The minimum absolute atomic E-state index is 0.0143. The van der Waals surface area contributed by atoms with Crippen molar-refractivity contribution in [2.75, 3.05) is 13.1 Å². The van der Waals surface area contributed by atoms with Crippen molar-refractivity contribution < 1.29 is 14.4 Å². The Morgan fingerprint density at radius 1 is 1.13 bits per heavy atom. The molecule has 3 fully saturated rings. The maximum absolute atomic E-state index is 12.4. The van der Waals surface area contributed by atoms with Gasteiger partial charge in [-0.1, -0.05) is 19.3 Å². The monoisotopic (exact) mass is 322 g/mol. The van der Waals surface area contributed by atoms with Crippen LogP contribution in [0.4, 0.5) is 9.59 Å². The van der Waals surface area contributed by atoms with E-state index in [0.717, 1.165) is 25.7 Å². The predicted molar refractivity (Wildman–Crippen MR) is 84.8 cm³/mol.